The molecule has 1 aromatic heterocycles. The van der Waals surface area contributed by atoms with Crippen LogP contribution in [-0.4, -0.2) is 43.1 Å². The second kappa shape index (κ2) is 7.15. The number of aromatic nitrogens is 2. The number of nitrogens with one attached hydrogen (secondary N) is 2. The molecule has 0 fully saturated rings. The van der Waals surface area contributed by atoms with Gasteiger partial charge in [-0.05, 0) is 22.4 Å². The van der Waals surface area contributed by atoms with E-state index in [9.17, 15) is 4.79 Å². The number of hydrogen-bond donors (Lipinski definition) is 2. The lowest BCUT2D eigenvalue weighted by Gasteiger charge is -2.19. The molecule has 2 N–H and O–H groups in total. The first-order valence-corrected chi connectivity index (χ1v) is 6.55. The highest BCUT2D eigenvalue weighted by Crippen LogP contribution is 2.28. The molecule has 0 aliphatic heterocycles. The molecule has 18 heavy (non-hydrogen) atoms. The second-order valence-corrected chi connectivity index (χ2v) is 4.61. The summed E-state index contributed by atoms with van der Waals surface area (Å²) in [6.07, 6.45) is 2.39. The van der Waals surface area contributed by atoms with Gasteiger partial charge in [0.15, 0.2) is 0 Å². The van der Waals surface area contributed by atoms with Crippen molar-refractivity contribution in [1.82, 2.24) is 15.3 Å². The molecule has 0 aliphatic carbocycles. The van der Waals surface area contributed by atoms with Gasteiger partial charge in [-0.15, -0.1) is 0 Å². The fourth-order valence-electron chi connectivity index (χ4n) is 1.41. The first-order chi connectivity index (χ1) is 8.60. The number of carbonyl (C=O) groups is 1. The van der Waals surface area contributed by atoms with Crippen molar-refractivity contribution >= 4 is 33.5 Å². The van der Waals surface area contributed by atoms with Crippen molar-refractivity contribution in [3.8, 4) is 0 Å². The Kier molecular flexibility index (Phi) is 5.84. The Morgan fingerprint density at radius 2 is 2.22 bits per heavy atom. The van der Waals surface area contributed by atoms with Crippen molar-refractivity contribution in [2.75, 3.05) is 37.4 Å². The summed E-state index contributed by atoms with van der Waals surface area (Å²) < 4.78 is 0.748. The van der Waals surface area contributed by atoms with E-state index in [0.717, 1.165) is 10.9 Å². The van der Waals surface area contributed by atoms with Crippen LogP contribution in [0.25, 0.3) is 0 Å². The van der Waals surface area contributed by atoms with Gasteiger partial charge < -0.3 is 15.5 Å². The Labute approximate surface area is 115 Å². The van der Waals surface area contributed by atoms with Crippen molar-refractivity contribution in [1.29, 1.82) is 0 Å². The van der Waals surface area contributed by atoms with Crippen molar-refractivity contribution in [3.05, 3.63) is 10.8 Å². The van der Waals surface area contributed by atoms with E-state index in [4.69, 9.17) is 0 Å². The number of nitrogens with zero attached hydrogens (tertiary/aromatic N) is 3. The molecule has 0 spiro atoms. The fraction of sp³-hybridized carbons (Fsp3) is 0.545. The molecule has 0 aliphatic rings. The Bertz CT molecular complexity index is 412. The number of anilines is 2. The van der Waals surface area contributed by atoms with Crippen LogP contribution in [0.4, 0.5) is 11.6 Å². The Morgan fingerprint density at radius 1 is 1.50 bits per heavy atom. The molecule has 0 radical (unpaired) electrons. The standard InChI is InChI=1S/C11H18BrN5O/c1-4-5-14-8(18)6-17(3)11-9(12)10(13-2)15-7-16-11/h7H,4-6H2,1-3H3,(H,14,18)(H,13,15,16). The van der Waals surface area contributed by atoms with E-state index in [0.29, 0.717) is 18.2 Å². The predicted molar refractivity (Wildman–Crippen MR) is 75.8 cm³/mol. The summed E-state index contributed by atoms with van der Waals surface area (Å²) in [5.41, 5.74) is 0. The monoisotopic (exact) mass is 315 g/mol. The van der Waals surface area contributed by atoms with Crippen LogP contribution in [0.3, 0.4) is 0 Å². The molecule has 0 bridgehead atoms. The van der Waals surface area contributed by atoms with E-state index in [1.165, 1.54) is 6.33 Å². The maximum atomic E-state index is 11.6. The molecular weight excluding hydrogens is 298 g/mol. The molecule has 0 saturated heterocycles. The summed E-state index contributed by atoms with van der Waals surface area (Å²) in [5.74, 6) is 1.36. The molecule has 0 saturated carbocycles. The molecule has 1 amide bonds. The van der Waals surface area contributed by atoms with Gasteiger partial charge in [0.2, 0.25) is 5.91 Å². The average molecular weight is 316 g/mol. The van der Waals surface area contributed by atoms with E-state index in [1.807, 2.05) is 14.0 Å². The summed E-state index contributed by atoms with van der Waals surface area (Å²) in [6, 6.07) is 0. The summed E-state index contributed by atoms with van der Waals surface area (Å²) in [6.45, 7) is 2.97. The van der Waals surface area contributed by atoms with E-state index < -0.39 is 0 Å². The van der Waals surface area contributed by atoms with Crippen LogP contribution in [0, 0.1) is 0 Å². The van der Waals surface area contributed by atoms with Crippen molar-refractivity contribution < 1.29 is 4.79 Å². The summed E-state index contributed by atoms with van der Waals surface area (Å²) in [4.78, 5) is 21.6. The third-order valence-electron chi connectivity index (χ3n) is 2.32. The van der Waals surface area contributed by atoms with Gasteiger partial charge in [-0.1, -0.05) is 6.92 Å². The van der Waals surface area contributed by atoms with Crippen LogP contribution in [0.2, 0.25) is 0 Å². The van der Waals surface area contributed by atoms with E-state index >= 15 is 0 Å². The molecule has 0 aromatic carbocycles. The third kappa shape index (κ3) is 3.83. The molecule has 100 valence electrons. The molecule has 0 atom stereocenters. The van der Waals surface area contributed by atoms with Gasteiger partial charge in [0, 0.05) is 20.6 Å². The zero-order valence-corrected chi connectivity index (χ0v) is 12.4. The van der Waals surface area contributed by atoms with Crippen LogP contribution in [0.1, 0.15) is 13.3 Å². The van der Waals surface area contributed by atoms with E-state index in [-0.39, 0.29) is 12.5 Å². The molecule has 7 heteroatoms. The summed E-state index contributed by atoms with van der Waals surface area (Å²) >= 11 is 3.42. The SMILES string of the molecule is CCCNC(=O)CN(C)c1ncnc(NC)c1Br. The number of rotatable bonds is 6. The van der Waals surface area contributed by atoms with Gasteiger partial charge in [-0.2, -0.15) is 0 Å². The first kappa shape index (κ1) is 14.7. The van der Waals surface area contributed by atoms with Crippen LogP contribution >= 0.6 is 15.9 Å². The minimum Gasteiger partial charge on any atom is -0.372 e. The minimum absolute atomic E-state index is 0.0177. The second-order valence-electron chi connectivity index (χ2n) is 3.82. The maximum Gasteiger partial charge on any atom is 0.239 e. The smallest absolute Gasteiger partial charge is 0.239 e. The number of carbonyl (C=O) groups excluding carboxylic acids is 1. The van der Waals surface area contributed by atoms with Crippen molar-refractivity contribution in [2.24, 2.45) is 0 Å². The largest absolute Gasteiger partial charge is 0.372 e. The van der Waals surface area contributed by atoms with Crippen molar-refractivity contribution in [3.63, 3.8) is 0 Å². The molecule has 0 unspecified atom stereocenters. The van der Waals surface area contributed by atoms with Gasteiger partial charge in [0.25, 0.3) is 0 Å². The zero-order chi connectivity index (χ0) is 13.5. The fourth-order valence-corrected chi connectivity index (χ4v) is 2.12. The Hall–Kier alpha value is -1.37. The Balaban J connectivity index is 2.72. The molecule has 1 aromatic rings. The van der Waals surface area contributed by atoms with Crippen LogP contribution < -0.4 is 15.5 Å². The van der Waals surface area contributed by atoms with Crippen LogP contribution in [0.15, 0.2) is 10.8 Å². The molecular formula is C11H18BrN5O. The molecule has 1 rings (SSSR count). The Morgan fingerprint density at radius 3 is 2.83 bits per heavy atom. The molecule has 1 heterocycles. The number of hydrogen-bond acceptors (Lipinski definition) is 5. The van der Waals surface area contributed by atoms with E-state index in [1.54, 1.807) is 11.9 Å². The van der Waals surface area contributed by atoms with Crippen LogP contribution in [0.5, 0.6) is 0 Å². The highest BCUT2D eigenvalue weighted by atomic mass is 79.9. The average Bonchev–Trinajstić information content (AvgIpc) is 2.36. The van der Waals surface area contributed by atoms with Crippen molar-refractivity contribution in [2.45, 2.75) is 13.3 Å². The first-order valence-electron chi connectivity index (χ1n) is 5.76. The number of likely N-dealkylation sites (N-methyl/N-ethyl adjacent to an activating group) is 1. The maximum absolute atomic E-state index is 11.6. The quantitative estimate of drug-likeness (QED) is 0.826. The lowest BCUT2D eigenvalue weighted by atomic mass is 10.4. The van der Waals surface area contributed by atoms with E-state index in [2.05, 4.69) is 36.5 Å². The lowest BCUT2D eigenvalue weighted by Crippen LogP contribution is -2.36. The van der Waals surface area contributed by atoms with Gasteiger partial charge >= 0.3 is 0 Å². The lowest BCUT2D eigenvalue weighted by molar-refractivity contribution is -0.119. The highest BCUT2D eigenvalue weighted by molar-refractivity contribution is 9.10. The van der Waals surface area contributed by atoms with Gasteiger partial charge in [0.1, 0.15) is 22.4 Å². The highest BCUT2D eigenvalue weighted by Gasteiger charge is 2.14. The normalized spacial score (nSPS) is 10.0. The summed E-state index contributed by atoms with van der Waals surface area (Å²) in [7, 11) is 3.60. The zero-order valence-electron chi connectivity index (χ0n) is 10.8. The topological polar surface area (TPSA) is 70.2 Å². The van der Waals surface area contributed by atoms with Gasteiger partial charge in [0.05, 0.1) is 6.54 Å². The van der Waals surface area contributed by atoms with Gasteiger partial charge in [-0.3, -0.25) is 4.79 Å². The van der Waals surface area contributed by atoms with Gasteiger partial charge in [-0.25, -0.2) is 9.97 Å². The number of halogens is 1. The predicted octanol–water partition coefficient (Wildman–Crippen LogP) is 1.24. The third-order valence-corrected chi connectivity index (χ3v) is 3.05. The minimum atomic E-state index is -0.0177. The molecule has 6 nitrogen and oxygen atoms in total. The summed E-state index contributed by atoms with van der Waals surface area (Å²) in [5, 5.41) is 5.78. The number of amides is 1. The van der Waals surface area contributed by atoms with Crippen LogP contribution in [-0.2, 0) is 4.79 Å².